The monoisotopic (exact) mass is 312 g/mol. The van der Waals surface area contributed by atoms with Crippen LogP contribution in [0.2, 0.25) is 0 Å². The van der Waals surface area contributed by atoms with Gasteiger partial charge in [0.15, 0.2) is 0 Å². The molecule has 3 rings (SSSR count). The van der Waals surface area contributed by atoms with Crippen LogP contribution >= 0.6 is 0 Å². The predicted octanol–water partition coefficient (Wildman–Crippen LogP) is 4.99. The van der Waals surface area contributed by atoms with Crippen LogP contribution in [0.3, 0.4) is 0 Å². The van der Waals surface area contributed by atoms with Gasteiger partial charge in [0, 0.05) is 13.0 Å². The molecule has 2 aliphatic carbocycles. The molecule has 2 heteroatoms. The van der Waals surface area contributed by atoms with Crippen molar-refractivity contribution >= 4 is 0 Å². The van der Waals surface area contributed by atoms with Crippen molar-refractivity contribution in [3.05, 3.63) is 65.4 Å². The van der Waals surface area contributed by atoms with Gasteiger partial charge in [-0.15, -0.1) is 0 Å². The lowest BCUT2D eigenvalue weighted by molar-refractivity contribution is 0.179. The van der Waals surface area contributed by atoms with Crippen LogP contribution in [0.1, 0.15) is 40.0 Å². The van der Waals surface area contributed by atoms with Gasteiger partial charge in [-0.25, -0.2) is 0 Å². The second kappa shape index (κ2) is 9.57. The Kier molecular flexibility index (Phi) is 7.41. The summed E-state index contributed by atoms with van der Waals surface area (Å²) in [7, 11) is 0. The SMILES string of the molecule is CC.CC1=C[CH]/C(=C2/C=CC(OCCN3CCCC3)=CC2)C=C1. The topological polar surface area (TPSA) is 12.5 Å². The van der Waals surface area contributed by atoms with Crippen LogP contribution in [0.4, 0.5) is 0 Å². The zero-order valence-corrected chi connectivity index (χ0v) is 14.8. The van der Waals surface area contributed by atoms with Gasteiger partial charge in [0.05, 0.1) is 0 Å². The van der Waals surface area contributed by atoms with E-state index in [1.165, 1.54) is 42.7 Å². The summed E-state index contributed by atoms with van der Waals surface area (Å²) < 4.78 is 5.87. The molecule has 0 saturated carbocycles. The van der Waals surface area contributed by atoms with Gasteiger partial charge in [-0.1, -0.05) is 43.7 Å². The van der Waals surface area contributed by atoms with Crippen LogP contribution in [0.25, 0.3) is 0 Å². The van der Waals surface area contributed by atoms with Gasteiger partial charge in [0.2, 0.25) is 0 Å². The first-order valence-electron chi connectivity index (χ1n) is 8.97. The number of likely N-dealkylation sites (tertiary alicyclic amines) is 1. The molecule has 0 atom stereocenters. The zero-order chi connectivity index (χ0) is 16.5. The van der Waals surface area contributed by atoms with E-state index in [1.807, 2.05) is 13.8 Å². The summed E-state index contributed by atoms with van der Waals surface area (Å²) >= 11 is 0. The van der Waals surface area contributed by atoms with E-state index in [-0.39, 0.29) is 0 Å². The minimum Gasteiger partial charge on any atom is -0.493 e. The van der Waals surface area contributed by atoms with Gasteiger partial charge >= 0.3 is 0 Å². The summed E-state index contributed by atoms with van der Waals surface area (Å²) in [6.07, 6.45) is 18.9. The fourth-order valence-electron chi connectivity index (χ4n) is 2.92. The van der Waals surface area contributed by atoms with E-state index in [2.05, 4.69) is 54.7 Å². The minimum absolute atomic E-state index is 0.802. The maximum absolute atomic E-state index is 5.87. The molecule has 23 heavy (non-hydrogen) atoms. The molecule has 2 nitrogen and oxygen atoms in total. The highest BCUT2D eigenvalue weighted by molar-refractivity contribution is 5.50. The molecule has 0 unspecified atom stereocenters. The smallest absolute Gasteiger partial charge is 0.115 e. The lowest BCUT2D eigenvalue weighted by atomic mass is 9.94. The lowest BCUT2D eigenvalue weighted by Crippen LogP contribution is -2.23. The predicted molar refractivity (Wildman–Crippen MR) is 99.0 cm³/mol. The Morgan fingerprint density at radius 2 is 1.83 bits per heavy atom. The van der Waals surface area contributed by atoms with E-state index in [4.69, 9.17) is 4.74 Å². The molecule has 0 amide bonds. The van der Waals surface area contributed by atoms with Crippen LogP contribution in [-0.4, -0.2) is 31.1 Å². The quantitative estimate of drug-likeness (QED) is 0.725. The molecule has 0 aromatic heterocycles. The van der Waals surface area contributed by atoms with Gasteiger partial charge in [-0.2, -0.15) is 0 Å². The largest absolute Gasteiger partial charge is 0.493 e. The summed E-state index contributed by atoms with van der Waals surface area (Å²) in [5.74, 6) is 1.02. The first kappa shape index (κ1) is 17.8. The molecule has 0 spiro atoms. The van der Waals surface area contributed by atoms with Crippen molar-refractivity contribution in [1.82, 2.24) is 4.90 Å². The van der Waals surface area contributed by atoms with Crippen LogP contribution in [0, 0.1) is 6.42 Å². The number of nitrogens with zero attached hydrogens (tertiary/aromatic N) is 1. The molecule has 1 saturated heterocycles. The van der Waals surface area contributed by atoms with E-state index in [0.717, 1.165) is 25.3 Å². The molecular weight excluding hydrogens is 282 g/mol. The minimum atomic E-state index is 0.802. The van der Waals surface area contributed by atoms with Gasteiger partial charge < -0.3 is 4.74 Å². The Balaban J connectivity index is 0.000000924. The molecule has 1 fully saturated rings. The zero-order valence-electron chi connectivity index (χ0n) is 14.8. The molecule has 0 aromatic rings. The Bertz CT molecular complexity index is 528. The van der Waals surface area contributed by atoms with E-state index < -0.39 is 0 Å². The van der Waals surface area contributed by atoms with Crippen LogP contribution in [-0.2, 0) is 4.74 Å². The average molecular weight is 312 g/mol. The first-order chi connectivity index (χ1) is 11.3. The molecule has 125 valence electrons. The molecule has 3 aliphatic rings. The van der Waals surface area contributed by atoms with Crippen molar-refractivity contribution < 1.29 is 4.74 Å². The highest BCUT2D eigenvalue weighted by Crippen LogP contribution is 2.25. The maximum Gasteiger partial charge on any atom is 0.115 e. The van der Waals surface area contributed by atoms with Crippen LogP contribution in [0.5, 0.6) is 0 Å². The van der Waals surface area contributed by atoms with E-state index in [1.54, 1.807) is 0 Å². The third-order valence-electron chi connectivity index (χ3n) is 4.27. The number of ether oxygens (including phenoxy) is 1. The Hall–Kier alpha value is -1.54. The van der Waals surface area contributed by atoms with Crippen LogP contribution in [0.15, 0.2) is 58.9 Å². The summed E-state index contributed by atoms with van der Waals surface area (Å²) in [6.45, 7) is 10.5. The standard InChI is InChI=1S/C19H24NO.C2H6/c1-16-4-6-17(7-5-16)18-8-10-19(11-9-18)21-15-14-20-12-2-3-13-20;1-2/h4-8,10-11H,2-3,9,12-15H2,1H3;1-2H3. The van der Waals surface area contributed by atoms with E-state index >= 15 is 0 Å². The molecule has 0 aromatic carbocycles. The average Bonchev–Trinajstić information content (AvgIpc) is 3.12. The second-order valence-electron chi connectivity index (χ2n) is 5.93. The van der Waals surface area contributed by atoms with Crippen LogP contribution < -0.4 is 0 Å². The Morgan fingerprint density at radius 1 is 1.04 bits per heavy atom. The fraction of sp³-hybridized carbons (Fsp3) is 0.476. The molecule has 1 aliphatic heterocycles. The second-order valence-corrected chi connectivity index (χ2v) is 5.93. The van der Waals surface area contributed by atoms with Crippen molar-refractivity contribution in [3.63, 3.8) is 0 Å². The molecule has 0 N–H and O–H groups in total. The Labute approximate surface area is 141 Å². The molecule has 1 radical (unpaired) electrons. The van der Waals surface area contributed by atoms with E-state index in [0.29, 0.717) is 0 Å². The van der Waals surface area contributed by atoms with Crippen molar-refractivity contribution in [1.29, 1.82) is 0 Å². The molecular formula is C21H30NO. The van der Waals surface area contributed by atoms with Crippen molar-refractivity contribution in [3.8, 4) is 0 Å². The third-order valence-corrected chi connectivity index (χ3v) is 4.27. The fourth-order valence-corrected chi connectivity index (χ4v) is 2.92. The summed E-state index contributed by atoms with van der Waals surface area (Å²) in [5.41, 5.74) is 3.98. The first-order valence-corrected chi connectivity index (χ1v) is 8.97. The van der Waals surface area contributed by atoms with Crippen molar-refractivity contribution in [2.45, 2.75) is 40.0 Å². The van der Waals surface area contributed by atoms with Gasteiger partial charge in [-0.3, -0.25) is 4.90 Å². The number of hydrogen-bond donors (Lipinski definition) is 0. The highest BCUT2D eigenvalue weighted by Gasteiger charge is 2.12. The molecule has 1 heterocycles. The Morgan fingerprint density at radius 3 is 2.43 bits per heavy atom. The van der Waals surface area contributed by atoms with Crippen molar-refractivity contribution in [2.75, 3.05) is 26.2 Å². The summed E-state index contributed by atoms with van der Waals surface area (Å²) in [5, 5.41) is 0. The van der Waals surface area contributed by atoms with Crippen molar-refractivity contribution in [2.24, 2.45) is 0 Å². The molecule has 0 bridgehead atoms. The maximum atomic E-state index is 5.87. The number of allylic oxidation sites excluding steroid dienone is 9. The van der Waals surface area contributed by atoms with Gasteiger partial charge in [0.25, 0.3) is 0 Å². The number of hydrogen-bond acceptors (Lipinski definition) is 2. The number of rotatable bonds is 4. The van der Waals surface area contributed by atoms with E-state index in [9.17, 15) is 0 Å². The normalized spacial score (nSPS) is 24.0. The summed E-state index contributed by atoms with van der Waals surface area (Å²) in [6, 6.07) is 0. The third kappa shape index (κ3) is 5.54. The highest BCUT2D eigenvalue weighted by atomic mass is 16.5. The summed E-state index contributed by atoms with van der Waals surface area (Å²) in [4.78, 5) is 2.48. The van der Waals surface area contributed by atoms with Gasteiger partial charge in [-0.05, 0) is 62.6 Å². The van der Waals surface area contributed by atoms with Gasteiger partial charge in [0.1, 0.15) is 12.4 Å². The lowest BCUT2D eigenvalue weighted by Gasteiger charge is -2.17.